The monoisotopic (exact) mass is 1220 g/mol. The second-order valence-corrected chi connectivity index (χ2v) is 27.3. The van der Waals surface area contributed by atoms with Crippen molar-refractivity contribution in [3.63, 3.8) is 0 Å². The highest BCUT2D eigenvalue weighted by atomic mass is 32.2. The van der Waals surface area contributed by atoms with Gasteiger partial charge in [-0.05, 0) is 125 Å². The second kappa shape index (κ2) is 34.0. The first-order chi connectivity index (χ1) is 40.7. The van der Waals surface area contributed by atoms with E-state index < -0.39 is 16.1 Å². The summed E-state index contributed by atoms with van der Waals surface area (Å²) < 4.78 is 40.0. The molecule has 5 unspecified atom stereocenters. The maximum Gasteiger partial charge on any atom is 0.494 e. The summed E-state index contributed by atoms with van der Waals surface area (Å²) in [6.07, 6.45) is 5.22. The van der Waals surface area contributed by atoms with Gasteiger partial charge in [-0.1, -0.05) is 239 Å². The molecule has 0 aromatic heterocycles. The van der Waals surface area contributed by atoms with Gasteiger partial charge < -0.3 is 32.9 Å². The van der Waals surface area contributed by atoms with Crippen molar-refractivity contribution in [1.82, 2.24) is 0 Å². The molecule has 2 saturated heterocycles. The molecule has 16 heteroatoms. The number of hydrogen-bond acceptors (Lipinski definition) is 14. The number of esters is 3. The molecule has 447 valence electrons. The summed E-state index contributed by atoms with van der Waals surface area (Å²) in [5.41, 5.74) is 5.51. The molecule has 5 atom stereocenters. The van der Waals surface area contributed by atoms with Crippen LogP contribution in [0.25, 0.3) is 0 Å². The van der Waals surface area contributed by atoms with Crippen molar-refractivity contribution in [3.8, 4) is 0 Å². The summed E-state index contributed by atoms with van der Waals surface area (Å²) in [6.45, 7) is 18.8. The Hall–Kier alpha value is -5.68. The van der Waals surface area contributed by atoms with Crippen LogP contribution in [0.3, 0.4) is 0 Å². The van der Waals surface area contributed by atoms with Crippen molar-refractivity contribution in [2.75, 3.05) is 26.9 Å². The van der Waals surface area contributed by atoms with Gasteiger partial charge in [0.2, 0.25) is 0 Å². The lowest BCUT2D eigenvalue weighted by Gasteiger charge is -2.40. The van der Waals surface area contributed by atoms with Crippen LogP contribution < -0.4 is 5.46 Å². The standard InChI is InChI=1S/C37H45BO6S2.C16H20BO4.C16H16S2/c1-35(2,29-19-11-7-12-20-29)26-36(3,27-37(4,34(40)41-5)46-32(45)28-17-9-6-10-18-28)33(39)42-24-16-15-23-31-25-43-38(44-31)30-21-13-8-14-22-30;1-12(2)16(18)19-11-7-6-10-14-20-15(17-21-14)13-8-4-3-5-9-13;1-16(2,14-11-7-4-8-12-14)18-15(17)13-9-5-3-6-10-13/h6-14,17-22,31H,15-16,23-27H2,1-5H3;3-5,8-9,14-15H,1,6-7,10-11H2,2H3;3-12H,1-2H3. The molecule has 6 aromatic carbocycles. The first-order valence-corrected chi connectivity index (χ1v) is 31.4. The number of thioether (sulfide) groups is 2. The van der Waals surface area contributed by atoms with E-state index in [2.05, 4.69) is 82.8 Å². The summed E-state index contributed by atoms with van der Waals surface area (Å²) in [4.78, 5) is 38.7. The number of rotatable bonds is 25. The fourth-order valence-corrected chi connectivity index (χ4v) is 13.7. The molecule has 0 saturated carbocycles. The molecular weight excluding hydrogens is 1140 g/mol. The van der Waals surface area contributed by atoms with E-state index in [0.29, 0.717) is 35.8 Å². The minimum atomic E-state index is -1.13. The van der Waals surface area contributed by atoms with Crippen LogP contribution in [0.2, 0.25) is 0 Å². The molecule has 0 amide bonds. The third kappa shape index (κ3) is 21.9. The number of thiocarbonyl (C=S) groups is 2. The number of unbranched alkanes of at least 4 members (excludes halogenated alkanes) is 2. The minimum Gasteiger partial charge on any atom is -0.468 e. The van der Waals surface area contributed by atoms with Crippen LogP contribution in [0.15, 0.2) is 194 Å². The Balaban J connectivity index is 0.000000242. The molecule has 2 aliphatic heterocycles. The van der Waals surface area contributed by atoms with Gasteiger partial charge in [-0.3, -0.25) is 9.59 Å². The molecular formula is C69H81B2O10S4. The molecule has 1 radical (unpaired) electrons. The van der Waals surface area contributed by atoms with Crippen LogP contribution in [0.1, 0.15) is 134 Å². The van der Waals surface area contributed by atoms with Crippen molar-refractivity contribution in [2.24, 2.45) is 5.41 Å². The predicted octanol–water partition coefficient (Wildman–Crippen LogP) is 15.3. The van der Waals surface area contributed by atoms with E-state index >= 15 is 0 Å². The number of carbonyl (C=O) groups excluding carboxylic acids is 3. The SMILES string of the molecule is C=C(C)C(=O)OCCCCC1O[B]C(c2ccccc2)O1.CC(C)(SC(=S)c1ccccc1)c1ccccc1.COC(=O)C(C)(CC(C)(CC(C)(C)c1ccccc1)C(=O)OCCCCC1COB(c2ccccc2)O1)SC(=S)c1ccccc1. The molecule has 0 aliphatic carbocycles. The zero-order valence-corrected chi connectivity index (χ0v) is 53.7. The molecule has 2 heterocycles. The predicted molar refractivity (Wildman–Crippen MR) is 356 cm³/mol. The fraction of sp³-hybridized carbons (Fsp3) is 0.377. The van der Waals surface area contributed by atoms with Crippen LogP contribution in [-0.4, -0.2) is 85.0 Å². The van der Waals surface area contributed by atoms with Gasteiger partial charge in [-0.15, -0.1) is 11.8 Å². The van der Waals surface area contributed by atoms with Crippen LogP contribution in [0, 0.1) is 5.41 Å². The van der Waals surface area contributed by atoms with Gasteiger partial charge in [0, 0.05) is 10.3 Å². The normalized spacial score (nSPS) is 17.0. The maximum absolute atomic E-state index is 14.1. The van der Waals surface area contributed by atoms with Gasteiger partial charge in [-0.25, -0.2) is 4.79 Å². The lowest BCUT2D eigenvalue weighted by atomic mass is 9.67. The molecule has 0 spiro atoms. The van der Waals surface area contributed by atoms with E-state index in [4.69, 9.17) is 57.3 Å². The number of hydrogen-bond donors (Lipinski definition) is 0. The summed E-state index contributed by atoms with van der Waals surface area (Å²) in [6, 6.07) is 60.2. The average Bonchev–Trinajstić information content (AvgIpc) is 4.45. The number of methoxy groups -OCH3 is 1. The molecule has 2 aliphatic rings. The van der Waals surface area contributed by atoms with Crippen molar-refractivity contribution < 1.29 is 47.3 Å². The molecule has 85 heavy (non-hydrogen) atoms. The van der Waals surface area contributed by atoms with E-state index in [0.717, 1.165) is 64.0 Å². The molecule has 2 fully saturated rings. The van der Waals surface area contributed by atoms with E-state index in [1.165, 1.54) is 24.4 Å². The van der Waals surface area contributed by atoms with Crippen molar-refractivity contribution in [3.05, 3.63) is 222 Å². The highest BCUT2D eigenvalue weighted by molar-refractivity contribution is 8.25. The summed E-state index contributed by atoms with van der Waals surface area (Å²) in [5, 5.41) is 0. The zero-order valence-electron chi connectivity index (χ0n) is 50.4. The Labute approximate surface area is 525 Å². The highest BCUT2D eigenvalue weighted by Gasteiger charge is 2.50. The van der Waals surface area contributed by atoms with Crippen LogP contribution in [0.4, 0.5) is 0 Å². The Morgan fingerprint density at radius 3 is 1.67 bits per heavy atom. The number of carbonyl (C=O) groups is 3. The first kappa shape index (κ1) is 68.4. The first-order valence-electron chi connectivity index (χ1n) is 29.0. The summed E-state index contributed by atoms with van der Waals surface area (Å²) >= 11 is 14.3. The fourth-order valence-electron chi connectivity index (χ4n) is 10.1. The van der Waals surface area contributed by atoms with Crippen molar-refractivity contribution >= 4 is 94.3 Å². The van der Waals surface area contributed by atoms with Gasteiger partial charge in [-0.2, -0.15) is 0 Å². The van der Waals surface area contributed by atoms with Crippen molar-refractivity contribution in [2.45, 2.75) is 133 Å². The zero-order chi connectivity index (χ0) is 61.3. The lowest BCUT2D eigenvalue weighted by molar-refractivity contribution is -0.158. The quantitative estimate of drug-likeness (QED) is 0.0135. The van der Waals surface area contributed by atoms with Crippen molar-refractivity contribution in [1.29, 1.82) is 0 Å². The lowest BCUT2D eigenvalue weighted by Crippen LogP contribution is -2.45. The van der Waals surface area contributed by atoms with Gasteiger partial charge in [0.25, 0.3) is 0 Å². The molecule has 6 aromatic rings. The molecule has 8 rings (SSSR count). The molecule has 0 N–H and O–H groups in total. The van der Waals surface area contributed by atoms with Gasteiger partial charge in [0.1, 0.15) is 11.0 Å². The average molecular weight is 1220 g/mol. The maximum atomic E-state index is 14.1. The number of benzene rings is 6. The Bertz CT molecular complexity index is 3030. The smallest absolute Gasteiger partial charge is 0.468 e. The van der Waals surface area contributed by atoms with E-state index in [1.807, 2.05) is 147 Å². The van der Waals surface area contributed by atoms with E-state index in [9.17, 15) is 14.4 Å². The summed E-state index contributed by atoms with van der Waals surface area (Å²) in [5.74, 6) is -1.09. The van der Waals surface area contributed by atoms with E-state index in [-0.39, 0.29) is 60.6 Å². The summed E-state index contributed by atoms with van der Waals surface area (Å²) in [7, 11) is 2.77. The van der Waals surface area contributed by atoms with Gasteiger partial charge in [0.15, 0.2) is 0 Å². The largest absolute Gasteiger partial charge is 0.494 e. The Morgan fingerprint density at radius 2 is 1.12 bits per heavy atom. The third-order valence-corrected chi connectivity index (χ3v) is 17.9. The molecule has 0 bridgehead atoms. The Morgan fingerprint density at radius 1 is 0.624 bits per heavy atom. The van der Waals surface area contributed by atoms with Crippen LogP contribution >= 0.6 is 48.0 Å². The van der Waals surface area contributed by atoms with Gasteiger partial charge >= 0.3 is 32.5 Å². The minimum absolute atomic E-state index is 0.00378. The van der Waals surface area contributed by atoms with E-state index in [1.54, 1.807) is 26.2 Å². The Kier molecular flexibility index (Phi) is 27.4. The molecule has 10 nitrogen and oxygen atoms in total. The number of ether oxygens (including phenoxy) is 4. The van der Waals surface area contributed by atoms with Crippen LogP contribution in [0.5, 0.6) is 0 Å². The van der Waals surface area contributed by atoms with Crippen LogP contribution in [-0.2, 0) is 57.5 Å². The van der Waals surface area contributed by atoms with Gasteiger partial charge in [0.05, 0.1) is 52.8 Å². The second-order valence-electron chi connectivity index (χ2n) is 22.8. The topological polar surface area (TPSA) is 116 Å². The highest BCUT2D eigenvalue weighted by Crippen LogP contribution is 2.47. The third-order valence-electron chi connectivity index (χ3n) is 14.5.